The molecule has 0 N–H and O–H groups in total. The van der Waals surface area contributed by atoms with Crippen molar-refractivity contribution in [2.45, 2.75) is 24.7 Å². The maximum atomic E-state index is 13.1. The van der Waals surface area contributed by atoms with Crippen molar-refractivity contribution in [3.8, 4) is 0 Å². The lowest BCUT2D eigenvalue weighted by atomic mass is 10.1. The number of hydrogen-bond acceptors (Lipinski definition) is 5. The summed E-state index contributed by atoms with van der Waals surface area (Å²) >= 11 is 6.06. The third kappa shape index (κ3) is 3.68. The molecule has 5 nitrogen and oxygen atoms in total. The van der Waals surface area contributed by atoms with E-state index in [1.54, 1.807) is 12.3 Å². The number of hydrogen-bond donors (Lipinski definition) is 0. The number of halogens is 2. The van der Waals surface area contributed by atoms with Crippen LogP contribution < -0.4 is 0 Å². The fourth-order valence-electron chi connectivity index (χ4n) is 2.56. The van der Waals surface area contributed by atoms with Gasteiger partial charge in [-0.3, -0.25) is 4.90 Å². The molecule has 0 saturated heterocycles. The van der Waals surface area contributed by atoms with Crippen LogP contribution in [0.5, 0.6) is 0 Å². The molecule has 3 rings (SSSR count). The van der Waals surface area contributed by atoms with E-state index in [4.69, 9.17) is 11.6 Å². The van der Waals surface area contributed by atoms with Crippen molar-refractivity contribution in [2.75, 3.05) is 12.8 Å². The molecule has 0 fully saturated rings. The van der Waals surface area contributed by atoms with Gasteiger partial charge in [0.15, 0.2) is 0 Å². The summed E-state index contributed by atoms with van der Waals surface area (Å²) in [7, 11) is -3.40. The van der Waals surface area contributed by atoms with E-state index < -0.39 is 9.84 Å². The molecule has 122 valence electrons. The van der Waals surface area contributed by atoms with Gasteiger partial charge in [-0.1, -0.05) is 17.7 Å². The lowest BCUT2D eigenvalue weighted by Crippen LogP contribution is -2.31. The molecule has 2 heterocycles. The van der Waals surface area contributed by atoms with Crippen LogP contribution in [0.1, 0.15) is 16.8 Å². The van der Waals surface area contributed by atoms with Crippen LogP contribution in [0.2, 0.25) is 5.02 Å². The van der Waals surface area contributed by atoms with Crippen molar-refractivity contribution in [1.82, 2.24) is 14.9 Å². The van der Waals surface area contributed by atoms with E-state index in [0.29, 0.717) is 24.5 Å². The summed E-state index contributed by atoms with van der Waals surface area (Å²) in [5, 5.41) is 0.269. The zero-order valence-electron chi connectivity index (χ0n) is 12.5. The van der Waals surface area contributed by atoms with Gasteiger partial charge in [0.2, 0.25) is 15.0 Å². The number of nitrogens with zero attached hydrogens (tertiary/aromatic N) is 3. The quantitative estimate of drug-likeness (QED) is 0.790. The first-order valence-corrected chi connectivity index (χ1v) is 9.31. The predicted molar refractivity (Wildman–Crippen MR) is 84.4 cm³/mol. The molecule has 8 heteroatoms. The molecule has 0 saturated carbocycles. The molecule has 23 heavy (non-hydrogen) atoms. The monoisotopic (exact) mass is 355 g/mol. The number of fused-ring (bicyclic) bond motifs is 1. The van der Waals surface area contributed by atoms with Gasteiger partial charge in [0.05, 0.1) is 5.69 Å². The Labute approximate surface area is 139 Å². The number of aromatic nitrogens is 2. The van der Waals surface area contributed by atoms with Crippen molar-refractivity contribution in [3.63, 3.8) is 0 Å². The normalized spacial score (nSPS) is 15.4. The van der Waals surface area contributed by atoms with Crippen molar-refractivity contribution in [1.29, 1.82) is 0 Å². The minimum atomic E-state index is -3.40. The molecular weight excluding hydrogens is 341 g/mol. The van der Waals surface area contributed by atoms with Crippen LogP contribution in [0, 0.1) is 5.82 Å². The van der Waals surface area contributed by atoms with Gasteiger partial charge in [-0.15, -0.1) is 0 Å². The molecule has 0 bridgehead atoms. The average Bonchev–Trinajstić information content (AvgIpc) is 2.48. The molecule has 1 aromatic heterocycles. The Morgan fingerprint density at radius 2 is 2.17 bits per heavy atom. The summed E-state index contributed by atoms with van der Waals surface area (Å²) in [6.45, 7) is 1.92. The molecule has 0 atom stereocenters. The van der Waals surface area contributed by atoms with Gasteiger partial charge in [0, 0.05) is 49.1 Å². The summed E-state index contributed by atoms with van der Waals surface area (Å²) in [5.41, 5.74) is 2.52. The Morgan fingerprint density at radius 1 is 1.39 bits per heavy atom. The van der Waals surface area contributed by atoms with Crippen molar-refractivity contribution in [2.24, 2.45) is 0 Å². The van der Waals surface area contributed by atoms with Gasteiger partial charge in [0.25, 0.3) is 0 Å². The lowest BCUT2D eigenvalue weighted by molar-refractivity contribution is 0.242. The highest BCUT2D eigenvalue weighted by Gasteiger charge is 2.21. The topological polar surface area (TPSA) is 63.2 Å². The second kappa shape index (κ2) is 6.14. The van der Waals surface area contributed by atoms with E-state index >= 15 is 0 Å². The Hall–Kier alpha value is -1.57. The Morgan fingerprint density at radius 3 is 2.87 bits per heavy atom. The van der Waals surface area contributed by atoms with Gasteiger partial charge in [0.1, 0.15) is 5.82 Å². The summed E-state index contributed by atoms with van der Waals surface area (Å²) in [4.78, 5) is 10.2. The summed E-state index contributed by atoms with van der Waals surface area (Å²) < 4.78 is 36.1. The number of rotatable bonds is 3. The molecule has 0 spiro atoms. The maximum absolute atomic E-state index is 13.1. The zero-order chi connectivity index (χ0) is 16.6. The molecule has 1 aliphatic rings. The minimum Gasteiger partial charge on any atom is -0.294 e. The highest BCUT2D eigenvalue weighted by atomic mass is 35.5. The third-order valence-electron chi connectivity index (χ3n) is 3.73. The summed E-state index contributed by atoms with van der Waals surface area (Å²) in [6, 6.07) is 4.37. The zero-order valence-corrected chi connectivity index (χ0v) is 14.0. The Bertz CT molecular complexity index is 858. The van der Waals surface area contributed by atoms with E-state index in [9.17, 15) is 12.8 Å². The summed E-state index contributed by atoms with van der Waals surface area (Å²) in [5.74, 6) is -0.357. The van der Waals surface area contributed by atoms with Crippen LogP contribution in [-0.4, -0.2) is 36.1 Å². The minimum absolute atomic E-state index is 0.133. The lowest BCUT2D eigenvalue weighted by Gasteiger charge is -2.28. The Kier molecular flexibility index (Phi) is 4.35. The Balaban J connectivity index is 1.78. The molecular formula is C15H15ClFN3O2S. The van der Waals surface area contributed by atoms with Crippen LogP contribution in [0.25, 0.3) is 0 Å². The smallest absolute Gasteiger partial charge is 0.246 e. The van der Waals surface area contributed by atoms with Gasteiger partial charge in [-0.25, -0.2) is 22.8 Å². The molecule has 0 amide bonds. The fourth-order valence-corrected chi connectivity index (χ4v) is 3.31. The average molecular weight is 356 g/mol. The fraction of sp³-hybridized carbons (Fsp3) is 0.333. The molecule has 1 aliphatic heterocycles. The highest BCUT2D eigenvalue weighted by Crippen LogP contribution is 2.23. The predicted octanol–water partition coefficient (Wildman–Crippen LogP) is 2.23. The third-order valence-corrected chi connectivity index (χ3v) is 4.94. The second-order valence-electron chi connectivity index (χ2n) is 5.59. The largest absolute Gasteiger partial charge is 0.294 e. The van der Waals surface area contributed by atoms with Crippen molar-refractivity contribution < 1.29 is 12.8 Å². The SMILES string of the molecule is CS(=O)(=O)c1ncc2c(n1)CCN(Cc1ccc(F)cc1Cl)C2. The van der Waals surface area contributed by atoms with Gasteiger partial charge < -0.3 is 0 Å². The van der Waals surface area contributed by atoms with Gasteiger partial charge in [-0.2, -0.15) is 0 Å². The van der Waals surface area contributed by atoms with Crippen LogP contribution in [0.3, 0.4) is 0 Å². The molecule has 0 aliphatic carbocycles. The highest BCUT2D eigenvalue weighted by molar-refractivity contribution is 7.90. The van der Waals surface area contributed by atoms with E-state index in [2.05, 4.69) is 14.9 Å². The molecule has 2 aromatic rings. The van der Waals surface area contributed by atoms with Crippen LogP contribution in [0.15, 0.2) is 29.6 Å². The first-order chi connectivity index (χ1) is 10.8. The summed E-state index contributed by atoms with van der Waals surface area (Å²) in [6.07, 6.45) is 3.30. The molecule has 0 unspecified atom stereocenters. The first-order valence-electron chi connectivity index (χ1n) is 7.04. The van der Waals surface area contributed by atoms with E-state index in [-0.39, 0.29) is 11.0 Å². The molecule has 0 radical (unpaired) electrons. The van der Waals surface area contributed by atoms with Crippen LogP contribution >= 0.6 is 11.6 Å². The van der Waals surface area contributed by atoms with E-state index in [1.807, 2.05) is 0 Å². The maximum Gasteiger partial charge on any atom is 0.246 e. The number of sulfone groups is 1. The van der Waals surface area contributed by atoms with Gasteiger partial charge >= 0.3 is 0 Å². The van der Waals surface area contributed by atoms with Crippen molar-refractivity contribution in [3.05, 3.63) is 52.1 Å². The van der Waals surface area contributed by atoms with Crippen LogP contribution in [-0.2, 0) is 29.3 Å². The van der Waals surface area contributed by atoms with Crippen molar-refractivity contribution >= 4 is 21.4 Å². The first kappa shape index (κ1) is 16.3. The van der Waals surface area contributed by atoms with E-state index in [1.165, 1.54) is 12.1 Å². The van der Waals surface area contributed by atoms with Crippen LogP contribution in [0.4, 0.5) is 4.39 Å². The standard InChI is InChI=1S/C15H15ClFN3O2S/c1-23(21,22)15-18-7-11-9-20(5-4-14(11)19-15)8-10-2-3-12(17)6-13(10)16/h2-3,6-7H,4-5,8-9H2,1H3. The van der Waals surface area contributed by atoms with Gasteiger partial charge in [-0.05, 0) is 17.7 Å². The van der Waals surface area contributed by atoms with E-state index in [0.717, 1.165) is 29.6 Å². The second-order valence-corrected chi connectivity index (χ2v) is 7.91. The molecule has 1 aromatic carbocycles. The number of benzene rings is 1.